The molecule has 0 bridgehead atoms. The lowest BCUT2D eigenvalue weighted by molar-refractivity contribution is -0.139. The molecule has 1 aromatic heterocycles. The van der Waals surface area contributed by atoms with Crippen LogP contribution in [0, 0.1) is 5.92 Å². The minimum atomic E-state index is 0.294. The molecule has 0 radical (unpaired) electrons. The minimum absolute atomic E-state index is 0.294. The average molecular weight is 317 g/mol. The third-order valence-electron chi connectivity index (χ3n) is 5.23. The lowest BCUT2D eigenvalue weighted by Gasteiger charge is -2.39. The first kappa shape index (κ1) is 16.0. The zero-order chi connectivity index (χ0) is 16.4. The van der Waals surface area contributed by atoms with Crippen LogP contribution in [0.5, 0.6) is 0 Å². The Balaban J connectivity index is 1.57. The molecule has 6 heteroatoms. The van der Waals surface area contributed by atoms with Crippen LogP contribution in [0.1, 0.15) is 32.1 Å². The maximum atomic E-state index is 12.4. The molecule has 1 amide bonds. The smallest absolute Gasteiger partial charge is 0.225 e. The summed E-state index contributed by atoms with van der Waals surface area (Å²) in [6, 6.07) is 2.40. The Morgan fingerprint density at radius 1 is 1.13 bits per heavy atom. The molecular weight excluding hydrogens is 290 g/mol. The summed E-state index contributed by atoms with van der Waals surface area (Å²) in [6.07, 6.45) is 7.02. The van der Waals surface area contributed by atoms with Crippen LogP contribution in [0.15, 0.2) is 12.4 Å². The molecular formula is C17H27N5O. The van der Waals surface area contributed by atoms with Gasteiger partial charge in [-0.25, -0.2) is 9.97 Å². The zero-order valence-corrected chi connectivity index (χ0v) is 14.4. The average Bonchev–Trinajstić information content (AvgIpc) is 2.52. The molecule has 0 N–H and O–H groups in total. The molecule has 2 heterocycles. The Morgan fingerprint density at radius 2 is 1.83 bits per heavy atom. The molecule has 2 fully saturated rings. The maximum absolute atomic E-state index is 12.4. The van der Waals surface area contributed by atoms with E-state index >= 15 is 0 Å². The number of rotatable bonds is 4. The van der Waals surface area contributed by atoms with Gasteiger partial charge in [0.15, 0.2) is 0 Å². The predicted octanol–water partition coefficient (Wildman–Crippen LogP) is 1.77. The number of nitrogens with zero attached hydrogens (tertiary/aromatic N) is 5. The Bertz CT molecular complexity index is 550. The van der Waals surface area contributed by atoms with Crippen LogP contribution in [-0.4, -0.2) is 61.0 Å². The van der Waals surface area contributed by atoms with Gasteiger partial charge >= 0.3 is 0 Å². The van der Waals surface area contributed by atoms with E-state index in [2.05, 4.69) is 14.9 Å². The molecule has 1 saturated carbocycles. The maximum Gasteiger partial charge on any atom is 0.225 e. The summed E-state index contributed by atoms with van der Waals surface area (Å²) in [4.78, 5) is 27.4. The van der Waals surface area contributed by atoms with Gasteiger partial charge in [-0.3, -0.25) is 4.79 Å². The van der Waals surface area contributed by atoms with Gasteiger partial charge < -0.3 is 14.7 Å². The van der Waals surface area contributed by atoms with Gasteiger partial charge in [-0.05, 0) is 25.7 Å². The highest BCUT2D eigenvalue weighted by Crippen LogP contribution is 2.30. The Hall–Kier alpha value is -1.85. The zero-order valence-electron chi connectivity index (χ0n) is 14.4. The summed E-state index contributed by atoms with van der Waals surface area (Å²) in [5.41, 5.74) is 0. The molecule has 23 heavy (non-hydrogen) atoms. The largest absolute Gasteiger partial charge is 0.363 e. The van der Waals surface area contributed by atoms with E-state index in [-0.39, 0.29) is 0 Å². The second kappa shape index (κ2) is 6.72. The molecule has 6 nitrogen and oxygen atoms in total. The molecule has 0 atom stereocenters. The summed E-state index contributed by atoms with van der Waals surface area (Å²) in [6.45, 7) is 1.88. The van der Waals surface area contributed by atoms with E-state index < -0.39 is 0 Å². The highest BCUT2D eigenvalue weighted by atomic mass is 16.2. The van der Waals surface area contributed by atoms with Crippen LogP contribution in [0.4, 0.5) is 11.6 Å². The van der Waals surface area contributed by atoms with E-state index in [9.17, 15) is 4.79 Å². The summed E-state index contributed by atoms with van der Waals surface area (Å²) < 4.78 is 0. The second-order valence-electron chi connectivity index (χ2n) is 6.92. The lowest BCUT2D eigenvalue weighted by Crippen LogP contribution is -2.48. The molecule has 0 spiro atoms. The second-order valence-corrected chi connectivity index (χ2v) is 6.92. The van der Waals surface area contributed by atoms with E-state index in [1.54, 1.807) is 6.33 Å². The number of carbonyl (C=O) groups excluding carboxylic acids is 1. The number of hydrogen-bond acceptors (Lipinski definition) is 5. The van der Waals surface area contributed by atoms with Crippen molar-refractivity contribution >= 4 is 17.5 Å². The fourth-order valence-corrected chi connectivity index (χ4v) is 3.36. The number of aromatic nitrogens is 2. The number of amides is 1. The monoisotopic (exact) mass is 317 g/mol. The van der Waals surface area contributed by atoms with Crippen molar-refractivity contribution in [2.75, 3.05) is 44.0 Å². The summed E-state index contributed by atoms with van der Waals surface area (Å²) >= 11 is 0. The lowest BCUT2D eigenvalue weighted by atomic mass is 9.84. The summed E-state index contributed by atoms with van der Waals surface area (Å²) in [5, 5.41) is 0. The highest BCUT2D eigenvalue weighted by Gasteiger charge is 2.32. The molecule has 1 aliphatic carbocycles. The van der Waals surface area contributed by atoms with Crippen LogP contribution in [0.2, 0.25) is 0 Å². The standard InChI is InChI=1S/C17H27N5O/c1-20(2)15-11-16(19-12-18-15)22-9-7-14(8-10-22)21(3)17(23)13-5-4-6-13/h11-14H,4-10H2,1-3H3. The Labute approximate surface area is 138 Å². The van der Waals surface area contributed by atoms with Gasteiger partial charge in [0.05, 0.1) is 0 Å². The first-order valence-corrected chi connectivity index (χ1v) is 8.57. The van der Waals surface area contributed by atoms with Gasteiger partial charge in [-0.15, -0.1) is 0 Å². The molecule has 3 rings (SSSR count). The Kier molecular flexibility index (Phi) is 4.68. The SMILES string of the molecule is CN(C)c1cc(N2CCC(N(C)C(=O)C3CCC3)CC2)ncn1. The molecule has 0 aromatic carbocycles. The van der Waals surface area contributed by atoms with Crippen LogP contribution < -0.4 is 9.80 Å². The molecule has 1 aliphatic heterocycles. The van der Waals surface area contributed by atoms with Crippen molar-refractivity contribution in [3.8, 4) is 0 Å². The third-order valence-corrected chi connectivity index (χ3v) is 5.23. The van der Waals surface area contributed by atoms with Crippen molar-refractivity contribution < 1.29 is 4.79 Å². The van der Waals surface area contributed by atoms with E-state index in [1.165, 1.54) is 6.42 Å². The fourth-order valence-electron chi connectivity index (χ4n) is 3.36. The first-order valence-electron chi connectivity index (χ1n) is 8.57. The van der Waals surface area contributed by atoms with Crippen LogP contribution in [0.25, 0.3) is 0 Å². The molecule has 1 aromatic rings. The fraction of sp³-hybridized carbons (Fsp3) is 0.706. The molecule has 0 unspecified atom stereocenters. The normalized spacial score (nSPS) is 19.3. The highest BCUT2D eigenvalue weighted by molar-refractivity contribution is 5.79. The van der Waals surface area contributed by atoms with Crippen LogP contribution >= 0.6 is 0 Å². The van der Waals surface area contributed by atoms with E-state index in [0.717, 1.165) is 50.4 Å². The van der Waals surface area contributed by atoms with Gasteiger partial charge in [-0.2, -0.15) is 0 Å². The number of carbonyl (C=O) groups is 1. The third kappa shape index (κ3) is 3.41. The van der Waals surface area contributed by atoms with Gasteiger partial charge in [0, 0.05) is 52.3 Å². The molecule has 126 valence electrons. The van der Waals surface area contributed by atoms with Crippen molar-refractivity contribution in [2.45, 2.75) is 38.1 Å². The van der Waals surface area contributed by atoms with Crippen molar-refractivity contribution in [1.82, 2.24) is 14.9 Å². The van der Waals surface area contributed by atoms with Gasteiger partial charge in [-0.1, -0.05) is 6.42 Å². The van der Waals surface area contributed by atoms with E-state index in [0.29, 0.717) is 17.9 Å². The van der Waals surface area contributed by atoms with Crippen molar-refractivity contribution in [3.05, 3.63) is 12.4 Å². The van der Waals surface area contributed by atoms with E-state index in [1.807, 2.05) is 37.0 Å². The number of piperidine rings is 1. The topological polar surface area (TPSA) is 52.6 Å². The van der Waals surface area contributed by atoms with Crippen LogP contribution in [-0.2, 0) is 4.79 Å². The molecule has 2 aliphatic rings. The summed E-state index contributed by atoms with van der Waals surface area (Å²) in [7, 11) is 5.95. The van der Waals surface area contributed by atoms with E-state index in [4.69, 9.17) is 0 Å². The number of hydrogen-bond donors (Lipinski definition) is 0. The van der Waals surface area contributed by atoms with Gasteiger partial charge in [0.1, 0.15) is 18.0 Å². The predicted molar refractivity (Wildman–Crippen MR) is 91.7 cm³/mol. The quantitative estimate of drug-likeness (QED) is 0.847. The van der Waals surface area contributed by atoms with Crippen molar-refractivity contribution in [1.29, 1.82) is 0 Å². The number of anilines is 2. The minimum Gasteiger partial charge on any atom is -0.363 e. The first-order chi connectivity index (χ1) is 11.1. The Morgan fingerprint density at radius 3 is 2.39 bits per heavy atom. The van der Waals surface area contributed by atoms with Crippen molar-refractivity contribution in [2.24, 2.45) is 5.92 Å². The van der Waals surface area contributed by atoms with Crippen molar-refractivity contribution in [3.63, 3.8) is 0 Å². The van der Waals surface area contributed by atoms with Crippen LogP contribution in [0.3, 0.4) is 0 Å². The van der Waals surface area contributed by atoms with Gasteiger partial charge in [0.25, 0.3) is 0 Å². The summed E-state index contributed by atoms with van der Waals surface area (Å²) in [5.74, 6) is 2.55. The molecule has 1 saturated heterocycles. The van der Waals surface area contributed by atoms with Gasteiger partial charge in [0.2, 0.25) is 5.91 Å².